The van der Waals surface area contributed by atoms with Crippen LogP contribution in [0.25, 0.3) is 11.0 Å². The molecule has 20 heavy (non-hydrogen) atoms. The van der Waals surface area contributed by atoms with Crippen LogP contribution in [0.1, 0.15) is 32.1 Å². The first kappa shape index (κ1) is 11.6. The Hall–Kier alpha value is -2.17. The molecule has 0 spiro atoms. The fraction of sp³-hybridized carbons (Fsp3) is 0.400. The van der Waals surface area contributed by atoms with E-state index in [1.807, 2.05) is 36.7 Å². The van der Waals surface area contributed by atoms with Crippen molar-refractivity contribution in [3.63, 3.8) is 0 Å². The molecule has 1 aliphatic carbocycles. The summed E-state index contributed by atoms with van der Waals surface area (Å²) in [5.74, 6) is 0. The Kier molecular flexibility index (Phi) is 2.58. The van der Waals surface area contributed by atoms with Gasteiger partial charge in [0.2, 0.25) is 0 Å². The molecule has 0 amide bonds. The molecule has 5 nitrogen and oxygen atoms in total. The minimum atomic E-state index is -0.197. The van der Waals surface area contributed by atoms with Gasteiger partial charge in [-0.05, 0) is 43.9 Å². The van der Waals surface area contributed by atoms with Crippen LogP contribution in [0, 0.1) is 0 Å². The Morgan fingerprint density at radius 2 is 1.85 bits per heavy atom. The Balaban J connectivity index is 1.94. The number of aromatic nitrogens is 5. The first-order valence-electron chi connectivity index (χ1n) is 7.21. The van der Waals surface area contributed by atoms with Crippen molar-refractivity contribution >= 4 is 11.0 Å². The minimum Gasteiger partial charge on any atom is -0.245 e. The third-order valence-corrected chi connectivity index (χ3v) is 4.33. The molecule has 1 saturated carbocycles. The summed E-state index contributed by atoms with van der Waals surface area (Å²) in [6.45, 7) is 0. The topological polar surface area (TPSA) is 48.5 Å². The van der Waals surface area contributed by atoms with Crippen molar-refractivity contribution in [3.05, 3.63) is 42.7 Å². The van der Waals surface area contributed by atoms with E-state index in [1.165, 1.54) is 19.3 Å². The van der Waals surface area contributed by atoms with Gasteiger partial charge in [0, 0.05) is 12.4 Å². The van der Waals surface area contributed by atoms with Gasteiger partial charge in [-0.2, -0.15) is 5.10 Å². The molecule has 1 fully saturated rings. The van der Waals surface area contributed by atoms with Crippen LogP contribution in [-0.4, -0.2) is 24.8 Å². The van der Waals surface area contributed by atoms with Gasteiger partial charge in [0.1, 0.15) is 5.52 Å². The molecule has 0 N–H and O–H groups in total. The first-order chi connectivity index (χ1) is 9.90. The van der Waals surface area contributed by atoms with Crippen molar-refractivity contribution in [2.45, 2.75) is 37.8 Å². The zero-order valence-electron chi connectivity index (χ0n) is 11.3. The van der Waals surface area contributed by atoms with Gasteiger partial charge in [0.05, 0.1) is 5.52 Å². The number of nitrogens with zero attached hydrogens (tertiary/aromatic N) is 5. The molecule has 0 bridgehead atoms. The maximum Gasteiger partial charge on any atom is 0.156 e. The van der Waals surface area contributed by atoms with Gasteiger partial charge in [-0.3, -0.25) is 0 Å². The lowest BCUT2D eigenvalue weighted by Gasteiger charge is -2.37. The van der Waals surface area contributed by atoms with Gasteiger partial charge in [0.25, 0.3) is 0 Å². The molecular formula is C15H17N5. The van der Waals surface area contributed by atoms with E-state index in [1.54, 1.807) is 0 Å². The highest BCUT2D eigenvalue weighted by Gasteiger charge is 2.38. The van der Waals surface area contributed by atoms with Crippen LogP contribution < -0.4 is 0 Å². The molecule has 5 heteroatoms. The van der Waals surface area contributed by atoms with Gasteiger partial charge in [-0.25, -0.2) is 9.36 Å². The molecule has 3 aromatic rings. The third-order valence-electron chi connectivity index (χ3n) is 4.33. The van der Waals surface area contributed by atoms with Crippen molar-refractivity contribution in [1.29, 1.82) is 0 Å². The highest BCUT2D eigenvalue weighted by atomic mass is 15.5. The second-order valence-corrected chi connectivity index (χ2v) is 5.48. The van der Waals surface area contributed by atoms with E-state index in [0.717, 1.165) is 23.9 Å². The highest BCUT2D eigenvalue weighted by Crippen LogP contribution is 2.37. The van der Waals surface area contributed by atoms with Crippen LogP contribution in [0.4, 0.5) is 0 Å². The fourth-order valence-electron chi connectivity index (χ4n) is 3.35. The van der Waals surface area contributed by atoms with Crippen LogP contribution in [0.2, 0.25) is 0 Å². The number of fused-ring (bicyclic) bond motifs is 1. The summed E-state index contributed by atoms with van der Waals surface area (Å²) in [6.07, 6.45) is 9.69. The van der Waals surface area contributed by atoms with Crippen molar-refractivity contribution in [3.8, 4) is 0 Å². The number of benzene rings is 1. The Bertz CT molecular complexity index is 707. The maximum atomic E-state index is 4.50. The van der Waals surface area contributed by atoms with E-state index in [2.05, 4.69) is 30.8 Å². The molecule has 1 aliphatic rings. The van der Waals surface area contributed by atoms with E-state index in [0.29, 0.717) is 0 Å². The van der Waals surface area contributed by atoms with E-state index in [-0.39, 0.29) is 5.66 Å². The molecule has 1 aromatic carbocycles. The third kappa shape index (κ3) is 1.59. The van der Waals surface area contributed by atoms with Crippen molar-refractivity contribution in [1.82, 2.24) is 24.8 Å². The van der Waals surface area contributed by atoms with Crippen molar-refractivity contribution in [2.24, 2.45) is 0 Å². The summed E-state index contributed by atoms with van der Waals surface area (Å²) < 4.78 is 4.14. The zero-order chi connectivity index (χ0) is 13.4. The molecule has 0 radical (unpaired) electrons. The smallest absolute Gasteiger partial charge is 0.156 e. The second kappa shape index (κ2) is 4.44. The van der Waals surface area contributed by atoms with Crippen LogP contribution in [0.5, 0.6) is 0 Å². The lowest BCUT2D eigenvalue weighted by molar-refractivity contribution is 0.119. The molecule has 0 aliphatic heterocycles. The molecule has 2 aromatic heterocycles. The van der Waals surface area contributed by atoms with Gasteiger partial charge in [-0.1, -0.05) is 23.8 Å². The normalized spacial score (nSPS) is 18.4. The minimum absolute atomic E-state index is 0.197. The zero-order valence-corrected chi connectivity index (χ0v) is 11.3. The molecule has 0 unspecified atom stereocenters. The maximum absolute atomic E-state index is 4.50. The van der Waals surface area contributed by atoms with Crippen LogP contribution in [-0.2, 0) is 5.66 Å². The Morgan fingerprint density at radius 1 is 1.00 bits per heavy atom. The van der Waals surface area contributed by atoms with Gasteiger partial charge < -0.3 is 0 Å². The van der Waals surface area contributed by atoms with E-state index in [4.69, 9.17) is 0 Å². The number of hydrogen-bond donors (Lipinski definition) is 0. The highest BCUT2D eigenvalue weighted by molar-refractivity contribution is 5.74. The van der Waals surface area contributed by atoms with Crippen LogP contribution >= 0.6 is 0 Å². The largest absolute Gasteiger partial charge is 0.245 e. The summed E-state index contributed by atoms with van der Waals surface area (Å²) in [5.41, 5.74) is 1.84. The first-order valence-corrected chi connectivity index (χ1v) is 7.21. The standard InChI is InChI=1S/C15H17N5/c1-4-9-15(10-5-1,19-12-6-11-16-19)20-14-8-3-2-7-13(14)17-18-20/h2-3,6-8,11-12H,1,4-5,9-10H2. The quantitative estimate of drug-likeness (QED) is 0.717. The van der Waals surface area contributed by atoms with E-state index in [9.17, 15) is 0 Å². The Morgan fingerprint density at radius 3 is 2.65 bits per heavy atom. The predicted molar refractivity (Wildman–Crippen MR) is 76.2 cm³/mol. The SMILES string of the molecule is c1ccc2c(c1)nnn2C1(n2cccn2)CCCCC1. The average molecular weight is 267 g/mol. The van der Waals surface area contributed by atoms with E-state index >= 15 is 0 Å². The lowest BCUT2D eigenvalue weighted by Crippen LogP contribution is -2.44. The Labute approximate surface area is 117 Å². The summed E-state index contributed by atoms with van der Waals surface area (Å²) in [7, 11) is 0. The van der Waals surface area contributed by atoms with Crippen molar-refractivity contribution in [2.75, 3.05) is 0 Å². The number of rotatable bonds is 2. The average Bonchev–Trinajstić information content (AvgIpc) is 3.18. The second-order valence-electron chi connectivity index (χ2n) is 5.48. The fourth-order valence-corrected chi connectivity index (χ4v) is 3.35. The summed E-state index contributed by atoms with van der Waals surface area (Å²) in [5, 5.41) is 13.3. The molecule has 102 valence electrons. The predicted octanol–water partition coefficient (Wildman–Crippen LogP) is 2.79. The van der Waals surface area contributed by atoms with Crippen LogP contribution in [0.3, 0.4) is 0 Å². The van der Waals surface area contributed by atoms with Gasteiger partial charge in [-0.15, -0.1) is 5.10 Å². The van der Waals surface area contributed by atoms with Crippen molar-refractivity contribution < 1.29 is 0 Å². The van der Waals surface area contributed by atoms with Gasteiger partial charge >= 0.3 is 0 Å². The lowest BCUT2D eigenvalue weighted by atomic mass is 9.89. The number of hydrogen-bond acceptors (Lipinski definition) is 3. The summed E-state index contributed by atoms with van der Waals surface area (Å²) in [6, 6.07) is 10.1. The molecule has 4 rings (SSSR count). The molecule has 0 saturated heterocycles. The number of para-hydroxylation sites is 1. The summed E-state index contributed by atoms with van der Waals surface area (Å²) >= 11 is 0. The van der Waals surface area contributed by atoms with Crippen LogP contribution in [0.15, 0.2) is 42.7 Å². The molecule has 2 heterocycles. The summed E-state index contributed by atoms with van der Waals surface area (Å²) in [4.78, 5) is 0. The molecule has 0 atom stereocenters. The monoisotopic (exact) mass is 267 g/mol. The van der Waals surface area contributed by atoms with E-state index < -0.39 is 0 Å². The molecular weight excluding hydrogens is 250 g/mol. The van der Waals surface area contributed by atoms with Gasteiger partial charge in [0.15, 0.2) is 5.66 Å².